The van der Waals surface area contributed by atoms with Crippen LogP contribution in [-0.4, -0.2) is 114 Å². The van der Waals surface area contributed by atoms with Crippen LogP contribution in [0.1, 0.15) is 139 Å². The minimum atomic E-state index is -0.924. The first-order valence-corrected chi connectivity index (χ1v) is 21.9. The molecule has 2 aliphatic rings. The minimum Gasteiger partial charge on any atom is -0.492 e. The van der Waals surface area contributed by atoms with E-state index in [0.717, 1.165) is 33.8 Å². The zero-order valence-corrected chi connectivity index (χ0v) is 40.5. The molecule has 0 spiro atoms. The fourth-order valence-electron chi connectivity index (χ4n) is 7.43. The van der Waals surface area contributed by atoms with Crippen molar-refractivity contribution in [1.29, 1.82) is 0 Å². The van der Waals surface area contributed by atoms with Gasteiger partial charge in [-0.3, -0.25) is 19.4 Å². The number of nitrogens with zero attached hydrogens (tertiary/aromatic N) is 2. The second-order valence-electron chi connectivity index (χ2n) is 21.0. The zero-order chi connectivity index (χ0) is 48.2. The molecule has 1 heterocycles. The number of rotatable bonds is 12. The summed E-state index contributed by atoms with van der Waals surface area (Å²) in [7, 11) is 0. The van der Waals surface area contributed by atoms with Gasteiger partial charge in [0.1, 0.15) is 41.2 Å². The van der Waals surface area contributed by atoms with Crippen molar-refractivity contribution in [3.05, 3.63) is 28.8 Å². The van der Waals surface area contributed by atoms with Crippen molar-refractivity contribution in [2.24, 2.45) is 0 Å². The van der Waals surface area contributed by atoms with E-state index in [9.17, 15) is 28.8 Å². The monoisotopic (exact) mass is 898 g/mol. The summed E-state index contributed by atoms with van der Waals surface area (Å²) in [4.78, 5) is 81.9. The van der Waals surface area contributed by atoms with Crippen LogP contribution < -0.4 is 24.8 Å². The Morgan fingerprint density at radius 2 is 1.14 bits per heavy atom. The molecule has 4 rings (SSSR count). The highest BCUT2D eigenvalue weighted by molar-refractivity contribution is 6.03. The van der Waals surface area contributed by atoms with E-state index in [0.29, 0.717) is 28.5 Å². The Hall–Kier alpha value is -5.48. The van der Waals surface area contributed by atoms with Gasteiger partial charge in [0.15, 0.2) is 11.5 Å². The van der Waals surface area contributed by atoms with Crippen molar-refractivity contribution >= 4 is 47.1 Å². The first kappa shape index (κ1) is 51.2. The molecule has 0 bridgehead atoms. The van der Waals surface area contributed by atoms with Crippen LogP contribution in [0.4, 0.5) is 19.2 Å². The lowest BCUT2D eigenvalue weighted by molar-refractivity contribution is -0.157. The van der Waals surface area contributed by atoms with E-state index in [2.05, 4.69) is 30.5 Å². The smallest absolute Gasteiger partial charge is 0.412 e. The fraction of sp³-hybridized carbons (Fsp3) is 0.660. The molecular weight excluding hydrogens is 829 g/mol. The van der Waals surface area contributed by atoms with E-state index in [4.69, 9.17) is 33.2 Å². The average molecular weight is 899 g/mol. The molecule has 17 nitrogen and oxygen atoms in total. The fourth-order valence-corrected chi connectivity index (χ4v) is 7.43. The Morgan fingerprint density at radius 1 is 0.688 bits per heavy atom. The van der Waals surface area contributed by atoms with Crippen molar-refractivity contribution in [2.75, 3.05) is 45.9 Å². The molecule has 0 aromatic heterocycles. The molecular formula is C47H70N4O13. The minimum absolute atomic E-state index is 0.00589. The Kier molecular flexibility index (Phi) is 15.8. The maximum atomic E-state index is 13.9. The number of hydrogen-bond acceptors (Lipinski definition) is 13. The summed E-state index contributed by atoms with van der Waals surface area (Å²) in [5.74, 6) is -1.11. The van der Waals surface area contributed by atoms with E-state index in [1.54, 1.807) is 83.1 Å². The largest absolute Gasteiger partial charge is 0.492 e. The second kappa shape index (κ2) is 19.7. The molecule has 2 aromatic carbocycles. The highest BCUT2D eigenvalue weighted by atomic mass is 16.6. The lowest BCUT2D eigenvalue weighted by Crippen LogP contribution is -2.45. The van der Waals surface area contributed by atoms with Crippen molar-refractivity contribution in [1.82, 2.24) is 20.4 Å². The van der Waals surface area contributed by atoms with Crippen LogP contribution in [-0.2, 0) is 40.4 Å². The molecule has 4 amide bonds. The van der Waals surface area contributed by atoms with Gasteiger partial charge in [-0.1, -0.05) is 32.9 Å². The summed E-state index contributed by atoms with van der Waals surface area (Å²) < 4.78 is 40.5. The Morgan fingerprint density at radius 3 is 1.59 bits per heavy atom. The maximum absolute atomic E-state index is 13.9. The SMILES string of the molecule is C[C@H]1COc2c1c(OC(=O)NCCN(CC(=O)OC(C)(C)C)C(=O)OC(C)(C)C)c(OC(=O)NCCN(CC(=O)OC(C)(C)C)C(=O)OC(C)(C)C)c1c3c(ccc21)C(C)(C)CCC3. The molecule has 1 atom stereocenters. The number of hydrogen-bond donors (Lipinski definition) is 2. The van der Waals surface area contributed by atoms with Gasteiger partial charge in [0.25, 0.3) is 0 Å². The maximum Gasteiger partial charge on any atom is 0.412 e. The summed E-state index contributed by atoms with van der Waals surface area (Å²) in [6.07, 6.45) is -0.956. The third kappa shape index (κ3) is 14.5. The number of fused-ring (bicyclic) bond motifs is 5. The molecule has 0 unspecified atom stereocenters. The van der Waals surface area contributed by atoms with Crippen LogP contribution in [0.3, 0.4) is 0 Å². The third-order valence-electron chi connectivity index (χ3n) is 9.88. The second-order valence-corrected chi connectivity index (χ2v) is 21.0. The molecule has 1 aliphatic heterocycles. The standard InChI is InChI=1S/C47H70N4O13/c1-28-27-58-36-30-18-19-31-29(17-16-20-47(31,14)15)35(30)38(60-40(55)49-22-24-51(42(57)64-46(11,12)13)26-33(53)62-44(5,6)7)37(34(28)36)59-39(54)48-21-23-50(41(56)63-45(8,9)10)25-32(52)61-43(2,3)4/h18-19,28H,16-17,20-27H2,1-15H3,(H,48,54)(H,49,55)/t28-/m0/s1. The predicted octanol–water partition coefficient (Wildman–Crippen LogP) is 8.28. The van der Waals surface area contributed by atoms with Gasteiger partial charge in [0.05, 0.1) is 6.61 Å². The Bertz CT molecular complexity index is 2090. The summed E-state index contributed by atoms with van der Waals surface area (Å²) in [5, 5.41) is 6.60. The Labute approximate surface area is 377 Å². The number of ether oxygens (including phenoxy) is 7. The van der Waals surface area contributed by atoms with Crippen molar-refractivity contribution < 1.29 is 61.9 Å². The number of carbonyl (C=O) groups excluding carboxylic acids is 6. The first-order chi connectivity index (χ1) is 29.3. The van der Waals surface area contributed by atoms with Crippen molar-refractivity contribution in [2.45, 2.75) is 157 Å². The number of carbonyl (C=O) groups is 6. The lowest BCUT2D eigenvalue weighted by atomic mass is 9.71. The highest BCUT2D eigenvalue weighted by Gasteiger charge is 2.38. The highest BCUT2D eigenvalue weighted by Crippen LogP contribution is 2.55. The van der Waals surface area contributed by atoms with E-state index in [1.807, 2.05) is 13.0 Å². The molecule has 0 fully saturated rings. The van der Waals surface area contributed by atoms with E-state index in [-0.39, 0.29) is 55.6 Å². The summed E-state index contributed by atoms with van der Waals surface area (Å²) in [5.41, 5.74) is -1.03. The van der Waals surface area contributed by atoms with E-state index < -0.39 is 71.8 Å². The van der Waals surface area contributed by atoms with Gasteiger partial charge in [-0.05, 0) is 119 Å². The van der Waals surface area contributed by atoms with Gasteiger partial charge < -0.3 is 43.8 Å². The molecule has 1 aliphatic carbocycles. The number of esters is 2. The number of amides is 4. The van der Waals surface area contributed by atoms with Crippen LogP contribution in [0.25, 0.3) is 10.8 Å². The van der Waals surface area contributed by atoms with Crippen LogP contribution >= 0.6 is 0 Å². The molecule has 0 saturated heterocycles. The van der Waals surface area contributed by atoms with Gasteiger partial charge in [-0.25, -0.2) is 19.2 Å². The number of aryl methyl sites for hydroxylation is 1. The van der Waals surface area contributed by atoms with Gasteiger partial charge >= 0.3 is 36.3 Å². The van der Waals surface area contributed by atoms with Gasteiger partial charge in [-0.2, -0.15) is 0 Å². The van der Waals surface area contributed by atoms with Crippen LogP contribution in [0, 0.1) is 0 Å². The molecule has 17 heteroatoms. The normalized spacial score (nSPS) is 15.7. The van der Waals surface area contributed by atoms with Crippen LogP contribution in [0.15, 0.2) is 12.1 Å². The predicted molar refractivity (Wildman–Crippen MR) is 239 cm³/mol. The van der Waals surface area contributed by atoms with Crippen molar-refractivity contribution in [3.8, 4) is 17.2 Å². The van der Waals surface area contributed by atoms with Crippen LogP contribution in [0.5, 0.6) is 17.2 Å². The number of benzene rings is 2. The summed E-state index contributed by atoms with van der Waals surface area (Å²) in [6, 6.07) is 4.02. The first-order valence-electron chi connectivity index (χ1n) is 21.9. The van der Waals surface area contributed by atoms with E-state index >= 15 is 0 Å². The topological polar surface area (TPSA) is 198 Å². The lowest BCUT2D eigenvalue weighted by Gasteiger charge is -2.34. The molecule has 2 N–H and O–H groups in total. The molecule has 64 heavy (non-hydrogen) atoms. The van der Waals surface area contributed by atoms with E-state index in [1.165, 1.54) is 0 Å². The Balaban J connectivity index is 1.67. The van der Waals surface area contributed by atoms with Gasteiger partial charge in [-0.15, -0.1) is 0 Å². The molecule has 356 valence electrons. The third-order valence-corrected chi connectivity index (χ3v) is 9.88. The molecule has 0 saturated carbocycles. The van der Waals surface area contributed by atoms with Gasteiger partial charge in [0.2, 0.25) is 0 Å². The van der Waals surface area contributed by atoms with Crippen LogP contribution in [0.2, 0.25) is 0 Å². The molecule has 2 aromatic rings. The van der Waals surface area contributed by atoms with Crippen molar-refractivity contribution in [3.63, 3.8) is 0 Å². The average Bonchev–Trinajstić information content (AvgIpc) is 3.49. The van der Waals surface area contributed by atoms with Gasteiger partial charge in [0, 0.05) is 48.4 Å². The summed E-state index contributed by atoms with van der Waals surface area (Å²) in [6.45, 7) is 25.5. The zero-order valence-electron chi connectivity index (χ0n) is 40.5. The molecule has 0 radical (unpaired) electrons. The quantitative estimate of drug-likeness (QED) is 0.153. The number of nitrogens with one attached hydrogen (secondary N) is 2. The summed E-state index contributed by atoms with van der Waals surface area (Å²) >= 11 is 0.